The normalized spacial score (nSPS) is 29.2. The average Bonchev–Trinajstić information content (AvgIpc) is 2.39. The molecule has 4 atom stereocenters. The number of halogens is 1. The topological polar surface area (TPSA) is 38.0 Å². The molecule has 1 saturated carbocycles. The zero-order valence-corrected chi connectivity index (χ0v) is 12.9. The minimum absolute atomic E-state index is 0.169. The third kappa shape index (κ3) is 3.13. The largest absolute Gasteiger partial charge is 0.271 e. The predicted octanol–water partition coefficient (Wildman–Crippen LogP) is 4.23. The lowest BCUT2D eigenvalue weighted by molar-refractivity contribution is 0.171. The van der Waals surface area contributed by atoms with Crippen LogP contribution in [0.2, 0.25) is 5.02 Å². The first-order valence-corrected chi connectivity index (χ1v) is 7.63. The summed E-state index contributed by atoms with van der Waals surface area (Å²) >= 11 is 6.46. The Bertz CT molecular complexity index is 433. The maximum absolute atomic E-state index is 6.46. The minimum Gasteiger partial charge on any atom is -0.271 e. The molecule has 1 aliphatic carbocycles. The molecule has 0 spiro atoms. The summed E-state index contributed by atoms with van der Waals surface area (Å²) < 4.78 is 0. The highest BCUT2D eigenvalue weighted by atomic mass is 35.5. The summed E-state index contributed by atoms with van der Waals surface area (Å²) in [6.45, 7) is 6.75. The predicted molar refractivity (Wildman–Crippen MR) is 81.9 cm³/mol. The second-order valence-electron chi connectivity index (χ2n) is 6.15. The number of aryl methyl sites for hydroxylation is 1. The molecule has 4 unspecified atom stereocenters. The van der Waals surface area contributed by atoms with Crippen LogP contribution < -0.4 is 11.3 Å². The molecule has 106 valence electrons. The van der Waals surface area contributed by atoms with E-state index in [4.69, 9.17) is 17.4 Å². The molecule has 1 aromatic carbocycles. The molecule has 1 aliphatic rings. The van der Waals surface area contributed by atoms with E-state index in [2.05, 4.69) is 31.4 Å². The summed E-state index contributed by atoms with van der Waals surface area (Å²) in [7, 11) is 0. The van der Waals surface area contributed by atoms with Gasteiger partial charge in [0.15, 0.2) is 0 Å². The first-order valence-electron chi connectivity index (χ1n) is 7.25. The van der Waals surface area contributed by atoms with Crippen LogP contribution in [0.5, 0.6) is 0 Å². The summed E-state index contributed by atoms with van der Waals surface area (Å²) in [6.07, 6.45) is 3.73. The van der Waals surface area contributed by atoms with Gasteiger partial charge in [0.25, 0.3) is 0 Å². The van der Waals surface area contributed by atoms with Crippen molar-refractivity contribution in [3.8, 4) is 0 Å². The van der Waals surface area contributed by atoms with Gasteiger partial charge in [0.2, 0.25) is 0 Å². The summed E-state index contributed by atoms with van der Waals surface area (Å²) in [5, 5.41) is 0.858. The molecule has 0 aliphatic heterocycles. The van der Waals surface area contributed by atoms with E-state index in [9.17, 15) is 0 Å². The fraction of sp³-hybridized carbons (Fsp3) is 0.625. The first-order chi connectivity index (χ1) is 9.04. The first kappa shape index (κ1) is 14.8. The van der Waals surface area contributed by atoms with Crippen LogP contribution in [-0.4, -0.2) is 0 Å². The monoisotopic (exact) mass is 280 g/mol. The van der Waals surface area contributed by atoms with Crippen molar-refractivity contribution in [1.82, 2.24) is 5.43 Å². The summed E-state index contributed by atoms with van der Waals surface area (Å²) in [5.74, 6) is 7.99. The van der Waals surface area contributed by atoms with E-state index in [1.54, 1.807) is 0 Å². The van der Waals surface area contributed by atoms with Crippen LogP contribution in [0, 0.1) is 24.7 Å². The van der Waals surface area contributed by atoms with E-state index in [-0.39, 0.29) is 6.04 Å². The van der Waals surface area contributed by atoms with E-state index >= 15 is 0 Å². The van der Waals surface area contributed by atoms with Crippen molar-refractivity contribution >= 4 is 11.6 Å². The van der Waals surface area contributed by atoms with Gasteiger partial charge in [-0.05, 0) is 48.6 Å². The van der Waals surface area contributed by atoms with Gasteiger partial charge in [-0.2, -0.15) is 0 Å². The van der Waals surface area contributed by atoms with Gasteiger partial charge >= 0.3 is 0 Å². The molecule has 1 aromatic rings. The molecule has 0 heterocycles. The Morgan fingerprint density at radius 3 is 2.63 bits per heavy atom. The average molecular weight is 281 g/mol. The van der Waals surface area contributed by atoms with Gasteiger partial charge < -0.3 is 0 Å². The highest BCUT2D eigenvalue weighted by molar-refractivity contribution is 6.32. The Balaban J connectivity index is 2.22. The Morgan fingerprint density at radius 1 is 1.26 bits per heavy atom. The van der Waals surface area contributed by atoms with Crippen LogP contribution in [0.25, 0.3) is 0 Å². The lowest BCUT2D eigenvalue weighted by Gasteiger charge is -2.37. The van der Waals surface area contributed by atoms with Crippen LogP contribution >= 0.6 is 11.6 Å². The van der Waals surface area contributed by atoms with Crippen molar-refractivity contribution in [2.45, 2.75) is 46.1 Å². The quantitative estimate of drug-likeness (QED) is 0.642. The number of hydrazine groups is 1. The van der Waals surface area contributed by atoms with Crippen LogP contribution in [0.4, 0.5) is 0 Å². The molecule has 19 heavy (non-hydrogen) atoms. The molecule has 0 aromatic heterocycles. The maximum Gasteiger partial charge on any atom is 0.0503 e. The molecule has 0 bridgehead atoms. The van der Waals surface area contributed by atoms with Crippen LogP contribution in [0.1, 0.15) is 50.3 Å². The van der Waals surface area contributed by atoms with E-state index in [0.717, 1.165) is 28.0 Å². The Labute approximate surface area is 121 Å². The summed E-state index contributed by atoms with van der Waals surface area (Å²) in [6, 6.07) is 6.38. The molecule has 0 saturated heterocycles. The fourth-order valence-corrected chi connectivity index (χ4v) is 3.53. The fourth-order valence-electron chi connectivity index (χ4n) is 3.28. The summed E-state index contributed by atoms with van der Waals surface area (Å²) in [4.78, 5) is 0. The number of hydrogen-bond acceptors (Lipinski definition) is 2. The SMILES string of the molecule is Cc1cccc(C(NN)C2CCC(C)C(C)C2)c1Cl. The smallest absolute Gasteiger partial charge is 0.0503 e. The van der Waals surface area contributed by atoms with E-state index in [1.807, 2.05) is 13.0 Å². The van der Waals surface area contributed by atoms with Crippen molar-refractivity contribution in [2.24, 2.45) is 23.6 Å². The lowest BCUT2D eigenvalue weighted by Crippen LogP contribution is -2.37. The van der Waals surface area contributed by atoms with E-state index < -0.39 is 0 Å². The number of nitrogens with two attached hydrogens (primary N) is 1. The molecule has 0 radical (unpaired) electrons. The molecule has 1 fully saturated rings. The molecular weight excluding hydrogens is 256 g/mol. The molecule has 0 amide bonds. The zero-order chi connectivity index (χ0) is 14.0. The van der Waals surface area contributed by atoms with Gasteiger partial charge in [-0.25, -0.2) is 0 Å². The summed E-state index contributed by atoms with van der Waals surface area (Å²) in [5.41, 5.74) is 5.28. The van der Waals surface area contributed by atoms with E-state index in [1.165, 1.54) is 19.3 Å². The van der Waals surface area contributed by atoms with Gasteiger partial charge in [-0.1, -0.05) is 50.1 Å². The second kappa shape index (κ2) is 6.25. The van der Waals surface area contributed by atoms with Crippen molar-refractivity contribution < 1.29 is 0 Å². The molecule has 3 heteroatoms. The third-order valence-corrected chi connectivity index (χ3v) is 5.36. The van der Waals surface area contributed by atoms with Crippen molar-refractivity contribution in [3.63, 3.8) is 0 Å². The lowest BCUT2D eigenvalue weighted by atomic mass is 9.72. The van der Waals surface area contributed by atoms with Crippen LogP contribution in [0.15, 0.2) is 18.2 Å². The van der Waals surface area contributed by atoms with Crippen molar-refractivity contribution in [3.05, 3.63) is 34.3 Å². The molecule has 3 N–H and O–H groups in total. The maximum atomic E-state index is 6.46. The zero-order valence-electron chi connectivity index (χ0n) is 12.1. The van der Waals surface area contributed by atoms with Crippen molar-refractivity contribution in [1.29, 1.82) is 0 Å². The van der Waals surface area contributed by atoms with Gasteiger partial charge in [0, 0.05) is 5.02 Å². The minimum atomic E-state index is 0.169. The number of benzene rings is 1. The number of hydrogen-bond donors (Lipinski definition) is 2. The highest BCUT2D eigenvalue weighted by Gasteiger charge is 2.31. The third-order valence-electron chi connectivity index (χ3n) is 4.85. The highest BCUT2D eigenvalue weighted by Crippen LogP contribution is 2.41. The molecule has 2 rings (SSSR count). The number of rotatable bonds is 3. The Hall–Kier alpha value is -0.570. The Morgan fingerprint density at radius 2 is 2.00 bits per heavy atom. The van der Waals surface area contributed by atoms with Gasteiger partial charge in [-0.15, -0.1) is 0 Å². The molecular formula is C16H25ClN2. The van der Waals surface area contributed by atoms with Gasteiger partial charge in [0.05, 0.1) is 6.04 Å². The molecule has 2 nitrogen and oxygen atoms in total. The number of nitrogens with one attached hydrogen (secondary N) is 1. The van der Waals surface area contributed by atoms with Crippen LogP contribution in [0.3, 0.4) is 0 Å². The Kier molecular flexibility index (Phi) is 4.88. The van der Waals surface area contributed by atoms with Crippen LogP contribution in [-0.2, 0) is 0 Å². The van der Waals surface area contributed by atoms with Crippen molar-refractivity contribution in [2.75, 3.05) is 0 Å². The standard InChI is InChI=1S/C16H25ClN2/c1-10-7-8-13(9-12(10)3)16(19-18)14-6-4-5-11(2)15(14)17/h4-6,10,12-13,16,19H,7-9,18H2,1-3H3. The second-order valence-corrected chi connectivity index (χ2v) is 6.53. The van der Waals surface area contributed by atoms with Gasteiger partial charge in [0.1, 0.15) is 0 Å². The van der Waals surface area contributed by atoms with E-state index in [0.29, 0.717) is 5.92 Å². The van der Waals surface area contributed by atoms with Gasteiger partial charge in [-0.3, -0.25) is 11.3 Å².